The van der Waals surface area contributed by atoms with Crippen LogP contribution in [0.3, 0.4) is 0 Å². The maximum atomic E-state index is 12.6. The molecule has 0 spiro atoms. The predicted molar refractivity (Wildman–Crippen MR) is 112 cm³/mol. The Morgan fingerprint density at radius 2 is 1.86 bits per heavy atom. The van der Waals surface area contributed by atoms with Gasteiger partial charge in [-0.05, 0) is 68.5 Å². The van der Waals surface area contributed by atoms with Crippen LogP contribution >= 0.6 is 0 Å². The second-order valence-corrected chi connectivity index (χ2v) is 8.23. The topological polar surface area (TPSA) is 38.8 Å². The van der Waals surface area contributed by atoms with Crippen LogP contribution in [0.25, 0.3) is 6.08 Å². The number of nitrogens with zero attached hydrogens (tertiary/aromatic N) is 1. The summed E-state index contributed by atoms with van der Waals surface area (Å²) in [5, 5.41) is 0. The number of ether oxygens (including phenoxy) is 2. The molecule has 1 amide bonds. The van der Waals surface area contributed by atoms with Crippen molar-refractivity contribution in [1.82, 2.24) is 4.90 Å². The van der Waals surface area contributed by atoms with Crippen LogP contribution in [0.1, 0.15) is 50.3 Å². The molecule has 3 rings (SSSR count). The van der Waals surface area contributed by atoms with Gasteiger partial charge in [-0.2, -0.15) is 0 Å². The van der Waals surface area contributed by atoms with Crippen molar-refractivity contribution in [2.45, 2.75) is 58.4 Å². The quantitative estimate of drug-likeness (QED) is 0.609. The summed E-state index contributed by atoms with van der Waals surface area (Å²) in [6.07, 6.45) is 3.59. The Morgan fingerprint density at radius 1 is 1.14 bits per heavy atom. The van der Waals surface area contributed by atoms with Crippen molar-refractivity contribution in [3.63, 3.8) is 0 Å². The first-order chi connectivity index (χ1) is 13.3. The molecule has 148 valence electrons. The van der Waals surface area contributed by atoms with Gasteiger partial charge in [0, 0.05) is 12.6 Å². The van der Waals surface area contributed by atoms with E-state index >= 15 is 0 Å². The van der Waals surface area contributed by atoms with Crippen LogP contribution in [0.5, 0.6) is 5.75 Å². The molecule has 0 aliphatic heterocycles. The van der Waals surface area contributed by atoms with Crippen LogP contribution < -0.4 is 4.74 Å². The van der Waals surface area contributed by atoms with Crippen LogP contribution in [0, 0.1) is 0 Å². The minimum absolute atomic E-state index is 0.259. The van der Waals surface area contributed by atoms with Gasteiger partial charge in [0.25, 0.3) is 0 Å². The van der Waals surface area contributed by atoms with Crippen molar-refractivity contribution < 1.29 is 14.3 Å². The first kappa shape index (κ1) is 20.0. The summed E-state index contributed by atoms with van der Waals surface area (Å²) in [7, 11) is 0. The van der Waals surface area contributed by atoms with Gasteiger partial charge in [0.1, 0.15) is 18.0 Å². The van der Waals surface area contributed by atoms with Crippen LogP contribution in [-0.4, -0.2) is 22.6 Å². The van der Waals surface area contributed by atoms with Crippen molar-refractivity contribution in [2.24, 2.45) is 0 Å². The highest BCUT2D eigenvalue weighted by molar-refractivity contribution is 5.69. The molecule has 0 N–H and O–H groups in total. The van der Waals surface area contributed by atoms with Crippen molar-refractivity contribution >= 4 is 12.2 Å². The number of amides is 1. The van der Waals surface area contributed by atoms with E-state index in [2.05, 4.69) is 6.58 Å². The second kappa shape index (κ2) is 8.51. The molecular formula is C24H29NO3. The summed E-state index contributed by atoms with van der Waals surface area (Å²) < 4.78 is 11.6. The molecule has 28 heavy (non-hydrogen) atoms. The summed E-state index contributed by atoms with van der Waals surface area (Å²) in [5.41, 5.74) is 2.59. The fraction of sp³-hybridized carbons (Fsp3) is 0.375. The molecule has 0 radical (unpaired) electrons. The Kier molecular flexibility index (Phi) is 6.08. The van der Waals surface area contributed by atoms with Gasteiger partial charge in [0.2, 0.25) is 0 Å². The highest BCUT2D eigenvalue weighted by atomic mass is 16.6. The fourth-order valence-corrected chi connectivity index (χ4v) is 2.97. The molecule has 1 saturated carbocycles. The zero-order valence-electron chi connectivity index (χ0n) is 17.0. The number of benzene rings is 2. The average molecular weight is 380 g/mol. The van der Waals surface area contributed by atoms with Gasteiger partial charge in [0.15, 0.2) is 0 Å². The number of rotatable bonds is 7. The van der Waals surface area contributed by atoms with Crippen LogP contribution in [-0.2, 0) is 17.9 Å². The molecule has 2 aromatic rings. The Labute approximate surface area is 167 Å². The number of hydrogen-bond acceptors (Lipinski definition) is 3. The Morgan fingerprint density at radius 3 is 2.46 bits per heavy atom. The fourth-order valence-electron chi connectivity index (χ4n) is 2.97. The van der Waals surface area contributed by atoms with E-state index in [0.717, 1.165) is 35.3 Å². The monoisotopic (exact) mass is 379 g/mol. The largest absolute Gasteiger partial charge is 0.489 e. The Hall–Kier alpha value is -2.75. The third kappa shape index (κ3) is 5.88. The van der Waals surface area contributed by atoms with Crippen molar-refractivity contribution in [1.29, 1.82) is 0 Å². The van der Waals surface area contributed by atoms with Gasteiger partial charge in [0.05, 0.1) is 0 Å². The van der Waals surface area contributed by atoms with Crippen molar-refractivity contribution in [2.75, 3.05) is 0 Å². The molecule has 1 aliphatic rings. The molecule has 2 aromatic carbocycles. The van der Waals surface area contributed by atoms with E-state index < -0.39 is 5.60 Å². The zero-order chi connectivity index (χ0) is 20.1. The SMILES string of the molecule is C=Cc1cc(CN(C(=O)OC(C)(C)C)C2CC2)cc(OCc2ccccc2)c1. The molecular weight excluding hydrogens is 350 g/mol. The number of carbonyl (C=O) groups is 1. The molecule has 0 atom stereocenters. The van der Waals surface area contributed by atoms with Gasteiger partial charge >= 0.3 is 6.09 Å². The van der Waals surface area contributed by atoms with E-state index in [4.69, 9.17) is 9.47 Å². The highest BCUT2D eigenvalue weighted by Gasteiger charge is 2.35. The van der Waals surface area contributed by atoms with Crippen molar-refractivity contribution in [3.8, 4) is 5.75 Å². The lowest BCUT2D eigenvalue weighted by Gasteiger charge is -2.27. The van der Waals surface area contributed by atoms with Crippen LogP contribution in [0.4, 0.5) is 4.79 Å². The molecule has 4 nitrogen and oxygen atoms in total. The van der Waals surface area contributed by atoms with Crippen LogP contribution in [0.2, 0.25) is 0 Å². The minimum atomic E-state index is -0.503. The molecule has 4 heteroatoms. The first-order valence-electron chi connectivity index (χ1n) is 9.77. The van der Waals surface area contributed by atoms with Crippen LogP contribution in [0.15, 0.2) is 55.1 Å². The van der Waals surface area contributed by atoms with Crippen molar-refractivity contribution in [3.05, 3.63) is 71.8 Å². The average Bonchev–Trinajstić information content (AvgIpc) is 3.48. The summed E-state index contributed by atoms with van der Waals surface area (Å²) in [6.45, 7) is 10.6. The van der Waals surface area contributed by atoms with E-state index in [1.807, 2.05) is 74.2 Å². The molecule has 1 aliphatic carbocycles. The lowest BCUT2D eigenvalue weighted by Crippen LogP contribution is -2.37. The normalized spacial score (nSPS) is 13.7. The lowest BCUT2D eigenvalue weighted by molar-refractivity contribution is 0.0216. The number of carbonyl (C=O) groups excluding carboxylic acids is 1. The first-order valence-corrected chi connectivity index (χ1v) is 9.77. The van der Waals surface area contributed by atoms with Gasteiger partial charge in [-0.3, -0.25) is 0 Å². The Balaban J connectivity index is 1.74. The van der Waals surface area contributed by atoms with Gasteiger partial charge in [-0.1, -0.05) is 43.0 Å². The summed E-state index contributed by atoms with van der Waals surface area (Å²) in [6, 6.07) is 16.3. The van der Waals surface area contributed by atoms with Gasteiger partial charge in [-0.25, -0.2) is 4.79 Å². The Bertz CT molecular complexity index is 819. The van der Waals surface area contributed by atoms with Gasteiger partial charge < -0.3 is 14.4 Å². The van der Waals surface area contributed by atoms with E-state index in [1.54, 1.807) is 6.08 Å². The maximum Gasteiger partial charge on any atom is 0.410 e. The van der Waals surface area contributed by atoms with Gasteiger partial charge in [-0.15, -0.1) is 0 Å². The van der Waals surface area contributed by atoms with E-state index in [9.17, 15) is 4.79 Å². The molecule has 0 saturated heterocycles. The molecule has 0 heterocycles. The molecule has 1 fully saturated rings. The van der Waals surface area contributed by atoms with E-state index in [-0.39, 0.29) is 12.1 Å². The smallest absolute Gasteiger partial charge is 0.410 e. The second-order valence-electron chi connectivity index (χ2n) is 8.23. The van der Waals surface area contributed by atoms with E-state index in [1.165, 1.54) is 0 Å². The zero-order valence-corrected chi connectivity index (χ0v) is 17.0. The highest BCUT2D eigenvalue weighted by Crippen LogP contribution is 2.31. The summed E-state index contributed by atoms with van der Waals surface area (Å²) in [4.78, 5) is 14.5. The standard InChI is InChI=1S/C24H29NO3/c1-5-18-13-20(15-22(14-18)27-17-19-9-7-6-8-10-19)16-25(21-11-12-21)23(26)28-24(2,3)4/h5-10,13-15,21H,1,11-12,16-17H2,2-4H3. The molecule has 0 unspecified atom stereocenters. The summed E-state index contributed by atoms with van der Waals surface area (Å²) in [5.74, 6) is 0.774. The predicted octanol–water partition coefficient (Wildman–Crippen LogP) is 5.81. The van der Waals surface area contributed by atoms with E-state index in [0.29, 0.717) is 13.2 Å². The molecule has 0 aromatic heterocycles. The molecule has 0 bridgehead atoms. The lowest BCUT2D eigenvalue weighted by atomic mass is 10.1. The maximum absolute atomic E-state index is 12.6. The minimum Gasteiger partial charge on any atom is -0.489 e. The third-order valence-corrected chi connectivity index (χ3v) is 4.44. The number of hydrogen-bond donors (Lipinski definition) is 0. The third-order valence-electron chi connectivity index (χ3n) is 4.44. The summed E-state index contributed by atoms with van der Waals surface area (Å²) >= 11 is 0.